The fourth-order valence-electron chi connectivity index (χ4n) is 2.29. The number of hydrogen-bond donors (Lipinski definition) is 0. The Bertz CT molecular complexity index is 595. The number of methoxy groups -OCH3 is 3. The summed E-state index contributed by atoms with van der Waals surface area (Å²) in [6, 6.07) is 3.70. The van der Waals surface area contributed by atoms with Crippen molar-refractivity contribution in [3.05, 3.63) is 17.7 Å². The molecule has 0 fully saturated rings. The lowest BCUT2D eigenvalue weighted by Crippen LogP contribution is -2.18. The zero-order valence-corrected chi connectivity index (χ0v) is 18.5. The highest BCUT2D eigenvalue weighted by Crippen LogP contribution is 2.45. The molecule has 6 nitrogen and oxygen atoms in total. The van der Waals surface area contributed by atoms with Crippen molar-refractivity contribution < 1.29 is 27.8 Å². The van der Waals surface area contributed by atoms with E-state index in [0.29, 0.717) is 24.7 Å². The molecule has 0 aliphatic heterocycles. The van der Waals surface area contributed by atoms with E-state index in [-0.39, 0.29) is 4.75 Å². The SMILES string of the molecule is CCOP(C)(=O)OCCC(C)(C)SCc1c(OC)cc(OC)cc1OC. The van der Waals surface area contributed by atoms with Gasteiger partial charge < -0.3 is 23.3 Å². The molecule has 0 N–H and O–H groups in total. The molecule has 0 aliphatic carbocycles. The van der Waals surface area contributed by atoms with Gasteiger partial charge in [-0.1, -0.05) is 13.8 Å². The Morgan fingerprint density at radius 1 is 1.04 bits per heavy atom. The molecular weight excluding hydrogens is 375 g/mol. The van der Waals surface area contributed by atoms with Crippen LogP contribution in [-0.4, -0.2) is 46.0 Å². The lowest BCUT2D eigenvalue weighted by atomic mass is 10.1. The van der Waals surface area contributed by atoms with Crippen molar-refractivity contribution in [3.63, 3.8) is 0 Å². The van der Waals surface area contributed by atoms with Gasteiger partial charge in [0.15, 0.2) is 0 Å². The van der Waals surface area contributed by atoms with Gasteiger partial charge in [0.1, 0.15) is 17.2 Å². The van der Waals surface area contributed by atoms with Crippen LogP contribution in [0, 0.1) is 0 Å². The minimum atomic E-state index is -2.95. The highest BCUT2D eigenvalue weighted by molar-refractivity contribution is 7.99. The molecule has 1 aromatic carbocycles. The smallest absolute Gasteiger partial charge is 0.327 e. The summed E-state index contributed by atoms with van der Waals surface area (Å²) in [6.07, 6.45) is 0.739. The molecule has 150 valence electrons. The summed E-state index contributed by atoms with van der Waals surface area (Å²) in [5.74, 6) is 2.86. The van der Waals surface area contributed by atoms with Crippen molar-refractivity contribution in [2.75, 3.05) is 41.2 Å². The highest BCUT2D eigenvalue weighted by atomic mass is 32.2. The predicted octanol–water partition coefficient (Wildman–Crippen LogP) is 4.99. The normalized spacial score (nSPS) is 14.0. The first-order valence-electron chi connectivity index (χ1n) is 8.47. The molecule has 0 spiro atoms. The van der Waals surface area contributed by atoms with Gasteiger partial charge in [-0.3, -0.25) is 4.57 Å². The van der Waals surface area contributed by atoms with Crippen LogP contribution >= 0.6 is 19.4 Å². The largest absolute Gasteiger partial charge is 0.496 e. The maximum absolute atomic E-state index is 12.0. The summed E-state index contributed by atoms with van der Waals surface area (Å²) in [4.78, 5) is 0. The van der Waals surface area contributed by atoms with Gasteiger partial charge in [-0.25, -0.2) is 0 Å². The van der Waals surface area contributed by atoms with Gasteiger partial charge in [-0.15, -0.1) is 0 Å². The average Bonchev–Trinajstić information content (AvgIpc) is 2.58. The third kappa shape index (κ3) is 7.39. The fraction of sp³-hybridized carbons (Fsp3) is 0.667. The van der Waals surface area contributed by atoms with Gasteiger partial charge in [0, 0.05) is 34.9 Å². The van der Waals surface area contributed by atoms with Gasteiger partial charge >= 0.3 is 7.60 Å². The van der Waals surface area contributed by atoms with Crippen LogP contribution in [0.1, 0.15) is 32.8 Å². The summed E-state index contributed by atoms with van der Waals surface area (Å²) in [7, 11) is 1.92. The average molecular weight is 406 g/mol. The summed E-state index contributed by atoms with van der Waals surface area (Å²) in [6.45, 7) is 8.32. The number of hydrogen-bond acceptors (Lipinski definition) is 7. The van der Waals surface area contributed by atoms with Crippen LogP contribution in [0.15, 0.2) is 12.1 Å². The first-order valence-corrected chi connectivity index (χ1v) is 11.4. The molecule has 0 aliphatic rings. The third-order valence-corrected chi connectivity index (χ3v) is 6.62. The Kier molecular flexibility index (Phi) is 9.31. The van der Waals surface area contributed by atoms with Gasteiger partial charge in [-0.05, 0) is 13.3 Å². The molecule has 0 radical (unpaired) electrons. The first kappa shape index (κ1) is 23.2. The van der Waals surface area contributed by atoms with Crippen LogP contribution in [0.3, 0.4) is 0 Å². The van der Waals surface area contributed by atoms with Gasteiger partial charge in [-0.2, -0.15) is 11.8 Å². The summed E-state index contributed by atoms with van der Waals surface area (Å²) in [5.41, 5.74) is 0.977. The summed E-state index contributed by atoms with van der Waals surface area (Å²) >= 11 is 1.76. The molecule has 0 saturated carbocycles. The van der Waals surface area contributed by atoms with Crippen molar-refractivity contribution in [2.45, 2.75) is 37.7 Å². The van der Waals surface area contributed by atoms with E-state index in [9.17, 15) is 4.57 Å². The minimum Gasteiger partial charge on any atom is -0.496 e. The van der Waals surface area contributed by atoms with Crippen molar-refractivity contribution >= 4 is 19.4 Å². The zero-order chi connectivity index (χ0) is 19.8. The molecule has 8 heteroatoms. The number of thioether (sulfide) groups is 1. The van der Waals surface area contributed by atoms with E-state index in [1.165, 1.54) is 6.66 Å². The van der Waals surface area contributed by atoms with E-state index >= 15 is 0 Å². The van der Waals surface area contributed by atoms with E-state index in [1.54, 1.807) is 40.0 Å². The Balaban J connectivity index is 2.73. The molecule has 0 bridgehead atoms. The molecule has 26 heavy (non-hydrogen) atoms. The Morgan fingerprint density at radius 2 is 1.62 bits per heavy atom. The fourth-order valence-corrected chi connectivity index (χ4v) is 4.30. The molecule has 0 heterocycles. The number of benzene rings is 1. The zero-order valence-electron chi connectivity index (χ0n) is 16.8. The molecule has 1 unspecified atom stereocenters. The van der Waals surface area contributed by atoms with Gasteiger partial charge in [0.2, 0.25) is 0 Å². The predicted molar refractivity (Wildman–Crippen MR) is 107 cm³/mol. The molecule has 1 aromatic rings. The standard InChI is InChI=1S/C18H31O6PS/c1-8-23-25(7,19)24-10-9-18(2,3)26-13-15-16(21-5)11-14(20-4)12-17(15)22-6/h11-12H,8-10,13H2,1-7H3. The maximum atomic E-state index is 12.0. The third-order valence-electron chi connectivity index (χ3n) is 3.82. The van der Waals surface area contributed by atoms with Crippen LogP contribution in [0.2, 0.25) is 0 Å². The lowest BCUT2D eigenvalue weighted by Gasteiger charge is -2.26. The van der Waals surface area contributed by atoms with Crippen molar-refractivity contribution in [1.29, 1.82) is 0 Å². The van der Waals surface area contributed by atoms with Crippen LogP contribution in [0.4, 0.5) is 0 Å². The summed E-state index contributed by atoms with van der Waals surface area (Å²) in [5, 5.41) is 0. The van der Waals surface area contributed by atoms with E-state index in [4.69, 9.17) is 23.3 Å². The monoisotopic (exact) mass is 406 g/mol. The second-order valence-corrected chi connectivity index (χ2v) is 10.1. The summed E-state index contributed by atoms with van der Waals surface area (Å²) < 4.78 is 38.8. The molecular formula is C18H31O6PS. The topological polar surface area (TPSA) is 63.2 Å². The second kappa shape index (κ2) is 10.5. The molecule has 0 saturated heterocycles. The van der Waals surface area contributed by atoms with Crippen LogP contribution in [-0.2, 0) is 19.4 Å². The number of ether oxygens (including phenoxy) is 3. The van der Waals surface area contributed by atoms with Crippen molar-refractivity contribution in [2.24, 2.45) is 0 Å². The van der Waals surface area contributed by atoms with Gasteiger partial charge in [0.05, 0.1) is 34.5 Å². The van der Waals surface area contributed by atoms with E-state index in [0.717, 1.165) is 23.5 Å². The van der Waals surface area contributed by atoms with Crippen LogP contribution < -0.4 is 14.2 Å². The molecule has 0 aromatic heterocycles. The lowest BCUT2D eigenvalue weighted by molar-refractivity contribution is 0.210. The van der Waals surface area contributed by atoms with Crippen molar-refractivity contribution in [1.82, 2.24) is 0 Å². The van der Waals surface area contributed by atoms with Crippen molar-refractivity contribution in [3.8, 4) is 17.2 Å². The Morgan fingerprint density at radius 3 is 2.08 bits per heavy atom. The van der Waals surface area contributed by atoms with Gasteiger partial charge in [0.25, 0.3) is 0 Å². The second-order valence-electron chi connectivity index (χ2n) is 6.33. The highest BCUT2D eigenvalue weighted by Gasteiger charge is 2.24. The number of rotatable bonds is 12. The Hall–Kier alpha value is -0.880. The van der Waals surface area contributed by atoms with Crippen LogP contribution in [0.5, 0.6) is 17.2 Å². The van der Waals surface area contributed by atoms with E-state index in [2.05, 4.69) is 13.8 Å². The quantitative estimate of drug-likeness (QED) is 0.453. The minimum absolute atomic E-state index is 0.0812. The molecule has 1 atom stereocenters. The van der Waals surface area contributed by atoms with E-state index < -0.39 is 7.60 Å². The molecule has 0 amide bonds. The van der Waals surface area contributed by atoms with E-state index in [1.807, 2.05) is 12.1 Å². The first-order chi connectivity index (χ1) is 12.2. The Labute approximate surface area is 161 Å². The maximum Gasteiger partial charge on any atom is 0.327 e. The van der Waals surface area contributed by atoms with Crippen LogP contribution in [0.25, 0.3) is 0 Å². The molecule has 1 rings (SSSR count).